The van der Waals surface area contributed by atoms with E-state index in [9.17, 15) is 4.79 Å². The van der Waals surface area contributed by atoms with Crippen LogP contribution in [0.4, 0.5) is 0 Å². The molecule has 0 fully saturated rings. The van der Waals surface area contributed by atoms with E-state index in [2.05, 4.69) is 31.3 Å². The summed E-state index contributed by atoms with van der Waals surface area (Å²) in [6, 6.07) is 23.8. The van der Waals surface area contributed by atoms with E-state index in [1.165, 1.54) is 5.19 Å². The molecule has 0 atom stereocenters. The predicted molar refractivity (Wildman–Crippen MR) is 107 cm³/mol. The van der Waals surface area contributed by atoms with Crippen molar-refractivity contribution in [3.8, 4) is 16.9 Å². The second-order valence-electron chi connectivity index (χ2n) is 6.36. The normalized spacial score (nSPS) is 10.7. The highest BCUT2D eigenvalue weighted by atomic mass is 28.3. The Morgan fingerprint density at radius 1 is 0.800 bits per heavy atom. The molecule has 3 rings (SSSR count). The summed E-state index contributed by atoms with van der Waals surface area (Å²) < 4.78 is 5.59. The summed E-state index contributed by atoms with van der Waals surface area (Å²) in [5, 5.41) is 1.19. The van der Waals surface area contributed by atoms with E-state index in [0.717, 1.165) is 16.9 Å². The van der Waals surface area contributed by atoms with E-state index in [4.69, 9.17) is 4.74 Å². The molecule has 3 heteroatoms. The lowest BCUT2D eigenvalue weighted by Gasteiger charge is -2.15. The molecule has 0 aromatic heterocycles. The van der Waals surface area contributed by atoms with E-state index < -0.39 is 8.80 Å². The summed E-state index contributed by atoms with van der Waals surface area (Å²) in [6.07, 6.45) is 0. The molecule has 25 heavy (non-hydrogen) atoms. The van der Waals surface area contributed by atoms with Gasteiger partial charge in [-0.15, -0.1) is 0 Å². The van der Waals surface area contributed by atoms with Crippen molar-refractivity contribution in [2.24, 2.45) is 0 Å². The molecule has 0 N–H and O–H groups in total. The van der Waals surface area contributed by atoms with Crippen LogP contribution in [0.5, 0.6) is 5.75 Å². The van der Waals surface area contributed by atoms with Gasteiger partial charge in [0.2, 0.25) is 0 Å². The molecule has 3 aromatic carbocycles. The third kappa shape index (κ3) is 3.56. The minimum atomic E-state index is -1.08. The Morgan fingerprint density at radius 2 is 1.44 bits per heavy atom. The molecule has 0 radical (unpaired) electrons. The first-order chi connectivity index (χ1) is 12.1. The maximum absolute atomic E-state index is 13.0. The van der Waals surface area contributed by atoms with Crippen LogP contribution in [0.3, 0.4) is 0 Å². The molecule has 0 aliphatic carbocycles. The number of hydrogen-bond acceptors (Lipinski definition) is 2. The predicted octanol–water partition coefficient (Wildman–Crippen LogP) is 4.29. The van der Waals surface area contributed by atoms with Crippen molar-refractivity contribution in [3.05, 3.63) is 83.9 Å². The van der Waals surface area contributed by atoms with Gasteiger partial charge in [-0.25, -0.2) is 0 Å². The zero-order valence-electron chi connectivity index (χ0n) is 14.8. The molecule has 3 aromatic rings. The molecule has 2 nitrogen and oxygen atoms in total. The van der Waals surface area contributed by atoms with Crippen molar-refractivity contribution in [2.45, 2.75) is 13.1 Å². The van der Waals surface area contributed by atoms with Crippen LogP contribution in [0.2, 0.25) is 13.1 Å². The van der Waals surface area contributed by atoms with Gasteiger partial charge in [0.1, 0.15) is 5.75 Å². The van der Waals surface area contributed by atoms with E-state index in [0.29, 0.717) is 11.1 Å². The van der Waals surface area contributed by atoms with Crippen molar-refractivity contribution in [2.75, 3.05) is 7.11 Å². The fourth-order valence-corrected chi connectivity index (χ4v) is 4.31. The van der Waals surface area contributed by atoms with E-state index in [1.54, 1.807) is 7.11 Å². The molecule has 0 aliphatic rings. The second-order valence-corrected chi connectivity index (χ2v) is 9.29. The third-order valence-electron chi connectivity index (χ3n) is 4.37. The number of carbonyl (C=O) groups is 1. The van der Waals surface area contributed by atoms with Crippen LogP contribution in [0.1, 0.15) is 15.9 Å². The lowest BCUT2D eigenvalue weighted by Crippen LogP contribution is -2.26. The van der Waals surface area contributed by atoms with Crippen molar-refractivity contribution in [1.82, 2.24) is 0 Å². The monoisotopic (exact) mass is 346 g/mol. The molecular weight excluding hydrogens is 324 g/mol. The minimum Gasteiger partial charge on any atom is -0.496 e. The van der Waals surface area contributed by atoms with Crippen molar-refractivity contribution < 1.29 is 9.53 Å². The van der Waals surface area contributed by atoms with Gasteiger partial charge in [0, 0.05) is 5.56 Å². The third-order valence-corrected chi connectivity index (χ3v) is 6.07. The lowest BCUT2D eigenvalue weighted by atomic mass is 9.99. The number of benzene rings is 3. The summed E-state index contributed by atoms with van der Waals surface area (Å²) in [4.78, 5) is 13.0. The maximum atomic E-state index is 13.0. The first kappa shape index (κ1) is 17.2. The van der Waals surface area contributed by atoms with Gasteiger partial charge in [-0.3, -0.25) is 4.79 Å². The van der Waals surface area contributed by atoms with Crippen LogP contribution in [0.15, 0.2) is 72.8 Å². The van der Waals surface area contributed by atoms with Gasteiger partial charge in [-0.2, -0.15) is 0 Å². The average molecular weight is 347 g/mol. The Hall–Kier alpha value is -2.65. The molecule has 0 saturated carbocycles. The average Bonchev–Trinajstić information content (AvgIpc) is 2.67. The van der Waals surface area contributed by atoms with Gasteiger partial charge in [0.25, 0.3) is 0 Å². The zero-order chi connectivity index (χ0) is 17.8. The first-order valence-corrected chi connectivity index (χ1v) is 11.4. The van der Waals surface area contributed by atoms with Crippen molar-refractivity contribution in [3.63, 3.8) is 0 Å². The van der Waals surface area contributed by atoms with Gasteiger partial charge in [-0.05, 0) is 22.4 Å². The lowest BCUT2D eigenvalue weighted by molar-refractivity contribution is 0.103. The standard InChI is InChI=1S/C22H22O2Si/c1-24-22-19(10-7-11-20(22)25(2)3)21(23)18-14-12-17(13-15-18)16-8-5-4-6-9-16/h4-15,25H,1-3H3. The van der Waals surface area contributed by atoms with Gasteiger partial charge >= 0.3 is 0 Å². The molecule has 0 amide bonds. The Balaban J connectivity index is 1.95. The number of methoxy groups -OCH3 is 1. The molecule has 0 unspecified atom stereocenters. The Morgan fingerprint density at radius 3 is 2.04 bits per heavy atom. The molecule has 126 valence electrons. The Bertz CT molecular complexity index is 868. The molecule has 0 aliphatic heterocycles. The van der Waals surface area contributed by atoms with Gasteiger partial charge < -0.3 is 4.74 Å². The Kier molecular flexibility index (Phi) is 5.15. The van der Waals surface area contributed by atoms with Crippen LogP contribution < -0.4 is 9.92 Å². The number of ketones is 1. The van der Waals surface area contributed by atoms with E-state index in [-0.39, 0.29) is 5.78 Å². The zero-order valence-corrected chi connectivity index (χ0v) is 16.0. The van der Waals surface area contributed by atoms with Crippen LogP contribution in [-0.2, 0) is 0 Å². The van der Waals surface area contributed by atoms with Crippen LogP contribution in [-0.4, -0.2) is 21.7 Å². The fraction of sp³-hybridized carbons (Fsp3) is 0.136. The van der Waals surface area contributed by atoms with Crippen molar-refractivity contribution >= 4 is 19.8 Å². The molecule has 0 spiro atoms. The highest BCUT2D eigenvalue weighted by Crippen LogP contribution is 2.23. The Labute approximate surface area is 150 Å². The summed E-state index contributed by atoms with van der Waals surface area (Å²) in [5.74, 6) is 0.745. The number of hydrogen-bond donors (Lipinski definition) is 0. The first-order valence-electron chi connectivity index (χ1n) is 8.49. The number of carbonyl (C=O) groups excluding carboxylic acids is 1. The summed E-state index contributed by atoms with van der Waals surface area (Å²) in [6.45, 7) is 4.47. The largest absolute Gasteiger partial charge is 0.496 e. The smallest absolute Gasteiger partial charge is 0.196 e. The topological polar surface area (TPSA) is 26.3 Å². The molecule has 0 saturated heterocycles. The van der Waals surface area contributed by atoms with Crippen LogP contribution in [0.25, 0.3) is 11.1 Å². The number of rotatable bonds is 5. The molecule has 0 bridgehead atoms. The molecule has 0 heterocycles. The quantitative estimate of drug-likeness (QED) is 0.509. The fourth-order valence-electron chi connectivity index (χ4n) is 3.02. The minimum absolute atomic E-state index is 0.00737. The SMILES string of the molecule is COc1c(C(=O)c2ccc(-c3ccccc3)cc2)cccc1[SiH](C)C. The number of para-hydroxylation sites is 1. The maximum Gasteiger partial charge on any atom is 0.196 e. The summed E-state index contributed by atoms with van der Waals surface area (Å²) >= 11 is 0. The van der Waals surface area contributed by atoms with Gasteiger partial charge in [0.05, 0.1) is 21.5 Å². The van der Waals surface area contributed by atoms with Crippen LogP contribution in [0, 0.1) is 0 Å². The second kappa shape index (κ2) is 7.49. The highest BCUT2D eigenvalue weighted by molar-refractivity contribution is 6.71. The molecular formula is C22H22O2Si. The van der Waals surface area contributed by atoms with Gasteiger partial charge in [0.15, 0.2) is 5.78 Å². The van der Waals surface area contributed by atoms with E-state index in [1.807, 2.05) is 54.6 Å². The summed E-state index contributed by atoms with van der Waals surface area (Å²) in [5.41, 5.74) is 3.58. The van der Waals surface area contributed by atoms with Gasteiger partial charge in [-0.1, -0.05) is 79.8 Å². The van der Waals surface area contributed by atoms with Crippen molar-refractivity contribution in [1.29, 1.82) is 0 Å². The number of ether oxygens (including phenoxy) is 1. The van der Waals surface area contributed by atoms with Crippen LogP contribution >= 0.6 is 0 Å². The summed E-state index contributed by atoms with van der Waals surface area (Å²) in [7, 11) is 0.568. The van der Waals surface area contributed by atoms with E-state index >= 15 is 0 Å². The highest BCUT2D eigenvalue weighted by Gasteiger charge is 2.19.